The summed E-state index contributed by atoms with van der Waals surface area (Å²) in [5, 5.41) is 11.8. The molecule has 5 rings (SSSR count). The normalized spacial score (nSPS) is 14.5. The summed E-state index contributed by atoms with van der Waals surface area (Å²) >= 11 is 1.42. The van der Waals surface area contributed by atoms with Gasteiger partial charge in [0.2, 0.25) is 0 Å². The van der Waals surface area contributed by atoms with Crippen LogP contribution in [0.3, 0.4) is 0 Å². The van der Waals surface area contributed by atoms with E-state index in [4.69, 9.17) is 9.60 Å². The molecular weight excluding hydrogens is 799 g/mol. The number of aliphatic hydroxyl groups is 1. The third-order valence-electron chi connectivity index (χ3n) is 9.04. The molecule has 3 nitrogen and oxygen atoms in total. The molecule has 5 aromatic rings. The molecule has 1 N–H and O–H groups in total. The van der Waals surface area contributed by atoms with E-state index in [0.29, 0.717) is 43.9 Å². The summed E-state index contributed by atoms with van der Waals surface area (Å²) in [5.41, 5.74) is 3.14. The second kappa shape index (κ2) is 16.9. The van der Waals surface area contributed by atoms with Gasteiger partial charge in [-0.05, 0) is 72.4 Å². The summed E-state index contributed by atoms with van der Waals surface area (Å²) in [6.07, 6.45) is 5.32. The van der Waals surface area contributed by atoms with Crippen LogP contribution in [0.5, 0.6) is 0 Å². The number of ketones is 1. The third-order valence-corrected chi connectivity index (χ3v) is 10.4. The number of aromatic nitrogens is 1. The van der Waals surface area contributed by atoms with Gasteiger partial charge in [0, 0.05) is 66.0 Å². The number of allylic oxidation sites excluding steroid dienone is 2. The van der Waals surface area contributed by atoms with Crippen molar-refractivity contribution in [2.75, 3.05) is 0 Å². The van der Waals surface area contributed by atoms with Gasteiger partial charge in [-0.25, -0.2) is 0 Å². The Hall–Kier alpha value is -2.85. The van der Waals surface area contributed by atoms with Crippen LogP contribution >= 0.6 is 11.3 Å². The number of aryl methyl sites for hydroxylation is 1. The number of nitrogens with zero attached hydrogens (tertiary/aromatic N) is 1. The number of fused-ring (bicyclic) bond motifs is 4. The van der Waals surface area contributed by atoms with Crippen LogP contribution in [0.25, 0.3) is 42.2 Å². The van der Waals surface area contributed by atoms with Gasteiger partial charge in [-0.15, -0.1) is 40.5 Å². The number of carbonyl (C=O) groups is 1. The van der Waals surface area contributed by atoms with E-state index < -0.39 is 0 Å². The van der Waals surface area contributed by atoms with E-state index in [9.17, 15) is 9.90 Å². The van der Waals surface area contributed by atoms with E-state index in [-0.39, 0.29) is 96.7 Å². The summed E-state index contributed by atoms with van der Waals surface area (Å²) in [7, 11) is 0. The predicted octanol–water partition coefficient (Wildman–Crippen LogP) is 13.1. The van der Waals surface area contributed by atoms with Gasteiger partial charge in [0.15, 0.2) is 5.78 Å². The van der Waals surface area contributed by atoms with E-state index in [1.807, 2.05) is 61.5 Å². The molecule has 0 aliphatic carbocycles. The van der Waals surface area contributed by atoms with Crippen LogP contribution < -0.4 is 0 Å². The summed E-state index contributed by atoms with van der Waals surface area (Å²) < 4.78 is 61.7. The topological polar surface area (TPSA) is 50.2 Å². The molecule has 0 atom stereocenters. The molecular formula is C44H56IrNO2S-. The molecule has 2 aromatic heterocycles. The predicted molar refractivity (Wildman–Crippen MR) is 209 cm³/mol. The first-order valence-electron chi connectivity index (χ1n) is 20.8. The van der Waals surface area contributed by atoms with Crippen molar-refractivity contribution in [3.05, 3.63) is 89.2 Å². The molecule has 0 fully saturated rings. The van der Waals surface area contributed by atoms with Crippen molar-refractivity contribution < 1.29 is 39.6 Å². The summed E-state index contributed by atoms with van der Waals surface area (Å²) in [5.74, 6) is 0.547. The van der Waals surface area contributed by atoms with Gasteiger partial charge in [0.05, 0.1) is 14.0 Å². The van der Waals surface area contributed by atoms with E-state index in [0.717, 1.165) is 47.1 Å². The van der Waals surface area contributed by atoms with Gasteiger partial charge in [-0.3, -0.25) is 9.78 Å². The van der Waals surface area contributed by atoms with Crippen LogP contribution in [0.4, 0.5) is 0 Å². The second-order valence-electron chi connectivity index (χ2n) is 15.0. The van der Waals surface area contributed by atoms with Crippen molar-refractivity contribution in [2.24, 2.45) is 17.3 Å². The summed E-state index contributed by atoms with van der Waals surface area (Å²) in [6.45, 7) is 22.5. The van der Waals surface area contributed by atoms with Gasteiger partial charge in [-0.2, -0.15) is 0 Å². The molecule has 3 aromatic carbocycles. The Bertz CT molecular complexity index is 2300. The zero-order chi connectivity index (χ0) is 41.5. The van der Waals surface area contributed by atoms with Gasteiger partial charge >= 0.3 is 0 Å². The maximum atomic E-state index is 11.7. The first kappa shape index (κ1) is 30.9. The Morgan fingerprint density at radius 3 is 2.14 bits per heavy atom. The van der Waals surface area contributed by atoms with Crippen molar-refractivity contribution in [1.82, 2.24) is 4.98 Å². The zero-order valence-electron chi connectivity index (χ0n) is 38.0. The standard InChI is InChI=1S/C31H32NS.C13H24O2.Ir/c1-19-21(18-30(2,3)4)12-13-24-25-14-15-32-27(29(25)33-28(19)24)22-16-20-10-8-9-11-23(20)26(17-22)31(5,6)7;1-5-10(6-2)12(14)9-13(15)11(7-3)8-4;/h8-15,17H,18H2,1-7H3;9-11,14H,5-8H2,1-4H3;/q-1;;/b;12-9-;/i8D,9D,10D,12D,13D,14D,15D;;. The Morgan fingerprint density at radius 1 is 0.918 bits per heavy atom. The fourth-order valence-corrected chi connectivity index (χ4v) is 7.37. The van der Waals surface area contributed by atoms with E-state index in [2.05, 4.69) is 31.8 Å². The summed E-state index contributed by atoms with van der Waals surface area (Å²) in [4.78, 5) is 16.3. The molecule has 0 aliphatic rings. The number of hydrogen-bond donors (Lipinski definition) is 1. The smallest absolute Gasteiger partial charge is 0.162 e. The number of thiophene rings is 1. The van der Waals surface area contributed by atoms with Crippen molar-refractivity contribution in [3.8, 4) is 11.3 Å². The molecule has 0 aliphatic heterocycles. The van der Waals surface area contributed by atoms with Crippen molar-refractivity contribution in [2.45, 2.75) is 114 Å². The molecule has 5 heteroatoms. The average Bonchev–Trinajstić information content (AvgIpc) is 3.51. The van der Waals surface area contributed by atoms with Crippen molar-refractivity contribution in [3.63, 3.8) is 0 Å². The first-order valence-corrected chi connectivity index (χ1v) is 18.1. The largest absolute Gasteiger partial charge is 0.512 e. The van der Waals surface area contributed by atoms with Gasteiger partial charge in [0.1, 0.15) is 0 Å². The Morgan fingerprint density at radius 2 is 1.55 bits per heavy atom. The van der Waals surface area contributed by atoms with Crippen LogP contribution in [0, 0.1) is 30.2 Å². The van der Waals surface area contributed by atoms with Crippen molar-refractivity contribution in [1.29, 1.82) is 0 Å². The maximum absolute atomic E-state index is 11.7. The quantitative estimate of drug-likeness (QED) is 0.0912. The van der Waals surface area contributed by atoms with Gasteiger partial charge in [-0.1, -0.05) is 110 Å². The molecule has 0 amide bonds. The molecule has 0 bridgehead atoms. The average molecular weight is 862 g/mol. The fraction of sp³-hybridized carbons (Fsp3) is 0.455. The Labute approximate surface area is 322 Å². The molecule has 0 unspecified atom stereocenters. The number of rotatable bonds is 9. The number of pyridine rings is 1. The fourth-order valence-electron chi connectivity index (χ4n) is 6.13. The number of carbonyl (C=O) groups excluding carboxylic acids is 1. The van der Waals surface area contributed by atoms with E-state index >= 15 is 0 Å². The summed E-state index contributed by atoms with van der Waals surface area (Å²) in [6, 6.07) is 6.69. The van der Waals surface area contributed by atoms with Crippen LogP contribution in [-0.4, -0.2) is 15.9 Å². The van der Waals surface area contributed by atoms with Gasteiger partial charge in [0.25, 0.3) is 0 Å². The molecule has 0 saturated carbocycles. The Kier molecular flexibility index (Phi) is 10.7. The first-order chi connectivity index (χ1) is 25.5. The number of benzene rings is 3. The minimum absolute atomic E-state index is 0. The van der Waals surface area contributed by atoms with Crippen LogP contribution in [-0.2, 0) is 36.7 Å². The van der Waals surface area contributed by atoms with Crippen LogP contribution in [0.2, 0.25) is 0 Å². The second-order valence-corrected chi connectivity index (χ2v) is 16.0. The zero-order valence-corrected chi connectivity index (χ0v) is 34.2. The van der Waals surface area contributed by atoms with Crippen LogP contribution in [0.1, 0.15) is 121 Å². The number of aliphatic hydroxyl groups excluding tert-OH is 1. The Balaban J connectivity index is 0.000000448. The third kappa shape index (κ3) is 9.48. The van der Waals surface area contributed by atoms with E-state index in [1.54, 1.807) is 6.07 Å². The molecule has 1 radical (unpaired) electrons. The minimum Gasteiger partial charge on any atom is -0.512 e. The number of hydrogen-bond acceptors (Lipinski definition) is 4. The molecule has 49 heavy (non-hydrogen) atoms. The monoisotopic (exact) mass is 862 g/mol. The SMILES string of the molecule is CCC(CC)C(=O)/C=C(\O)C(CC)CC.[2H]c1cc2c(C(C)(C)C)cc(-c3nc([2H])c([2H])c4c3sc3c(C)c(CC(C)(C)C)c([2H])c([2H])c34)[c-]c2c([2H])c1[2H].[Ir]. The van der Waals surface area contributed by atoms with Gasteiger partial charge < -0.3 is 5.11 Å². The molecule has 0 spiro atoms. The molecule has 2 heterocycles. The molecule has 0 saturated heterocycles. The minimum atomic E-state index is -0.365. The van der Waals surface area contributed by atoms with Crippen molar-refractivity contribution >= 4 is 48.1 Å². The van der Waals surface area contributed by atoms with E-state index in [1.165, 1.54) is 17.4 Å². The maximum Gasteiger partial charge on any atom is 0.162 e. The van der Waals surface area contributed by atoms with Crippen LogP contribution in [0.15, 0.2) is 66.4 Å². The molecule has 265 valence electrons.